The molecule has 0 N–H and O–H groups in total. The van der Waals surface area contributed by atoms with E-state index in [0.717, 1.165) is 26.2 Å². The molecule has 1 saturated heterocycles. The number of benzene rings is 2. The minimum atomic E-state index is 1.11. The Bertz CT molecular complexity index is 589. The van der Waals surface area contributed by atoms with E-state index in [1.807, 2.05) is 0 Å². The van der Waals surface area contributed by atoms with Crippen molar-refractivity contribution in [1.82, 2.24) is 4.90 Å². The topological polar surface area (TPSA) is 6.48 Å². The number of hydrogen-bond donors (Lipinski definition) is 0. The van der Waals surface area contributed by atoms with Crippen LogP contribution in [-0.2, 0) is 0 Å². The van der Waals surface area contributed by atoms with Crippen molar-refractivity contribution < 1.29 is 0 Å². The zero-order valence-corrected chi connectivity index (χ0v) is 13.6. The first-order chi connectivity index (χ1) is 10.3. The average molecular weight is 298 g/mol. The van der Waals surface area contributed by atoms with Crippen LogP contribution in [0.3, 0.4) is 0 Å². The molecule has 1 aliphatic heterocycles. The van der Waals surface area contributed by atoms with Crippen LogP contribution in [0.15, 0.2) is 53.4 Å². The molecule has 0 radical (unpaired) electrons. The summed E-state index contributed by atoms with van der Waals surface area (Å²) >= 11 is 1.81. The molecule has 1 fully saturated rings. The van der Waals surface area contributed by atoms with Gasteiger partial charge >= 0.3 is 0 Å². The van der Waals surface area contributed by atoms with E-state index in [4.69, 9.17) is 0 Å². The highest BCUT2D eigenvalue weighted by molar-refractivity contribution is 7.98. The molecule has 0 saturated carbocycles. The van der Waals surface area contributed by atoms with E-state index in [1.54, 1.807) is 11.8 Å². The molecule has 110 valence electrons. The second-order valence-corrected chi connectivity index (χ2v) is 6.42. The van der Waals surface area contributed by atoms with Crippen LogP contribution >= 0.6 is 11.8 Å². The largest absolute Gasteiger partial charge is 0.368 e. The van der Waals surface area contributed by atoms with Crippen molar-refractivity contribution in [3.05, 3.63) is 48.5 Å². The minimum Gasteiger partial charge on any atom is -0.368 e. The Kier molecular flexibility index (Phi) is 4.51. The Balaban J connectivity index is 1.99. The lowest BCUT2D eigenvalue weighted by Crippen LogP contribution is -2.44. The van der Waals surface area contributed by atoms with Gasteiger partial charge in [-0.15, -0.1) is 11.8 Å². The van der Waals surface area contributed by atoms with E-state index in [1.165, 1.54) is 21.7 Å². The van der Waals surface area contributed by atoms with Crippen LogP contribution in [0.5, 0.6) is 0 Å². The van der Waals surface area contributed by atoms with Crippen molar-refractivity contribution in [3.8, 4) is 11.1 Å². The molecular weight excluding hydrogens is 276 g/mol. The third-order valence-electron chi connectivity index (χ3n) is 4.13. The number of nitrogens with zero attached hydrogens (tertiary/aromatic N) is 2. The lowest BCUT2D eigenvalue weighted by atomic mass is 10.0. The molecule has 21 heavy (non-hydrogen) atoms. The molecule has 2 aromatic carbocycles. The van der Waals surface area contributed by atoms with Crippen LogP contribution in [-0.4, -0.2) is 44.4 Å². The molecule has 1 aliphatic rings. The van der Waals surface area contributed by atoms with Crippen molar-refractivity contribution in [2.75, 3.05) is 44.4 Å². The number of rotatable bonds is 3. The molecule has 2 nitrogen and oxygen atoms in total. The van der Waals surface area contributed by atoms with Gasteiger partial charge in [0.25, 0.3) is 0 Å². The summed E-state index contributed by atoms with van der Waals surface area (Å²) in [6.45, 7) is 4.49. The predicted molar refractivity (Wildman–Crippen MR) is 93.4 cm³/mol. The van der Waals surface area contributed by atoms with E-state index in [2.05, 4.69) is 71.6 Å². The van der Waals surface area contributed by atoms with Crippen molar-refractivity contribution >= 4 is 17.4 Å². The molecule has 2 aromatic rings. The number of likely N-dealkylation sites (N-methyl/N-ethyl adjacent to an activating group) is 1. The van der Waals surface area contributed by atoms with Crippen molar-refractivity contribution in [1.29, 1.82) is 0 Å². The summed E-state index contributed by atoms with van der Waals surface area (Å²) in [5.74, 6) is 0. The van der Waals surface area contributed by atoms with Gasteiger partial charge in [0.05, 0.1) is 0 Å². The Labute approximate surface area is 131 Å². The fourth-order valence-electron chi connectivity index (χ4n) is 2.81. The summed E-state index contributed by atoms with van der Waals surface area (Å²) in [6, 6.07) is 17.6. The molecule has 3 rings (SSSR count). The molecule has 0 unspecified atom stereocenters. The lowest BCUT2D eigenvalue weighted by molar-refractivity contribution is 0.313. The van der Waals surface area contributed by atoms with Crippen molar-refractivity contribution in [2.45, 2.75) is 4.90 Å². The van der Waals surface area contributed by atoms with Crippen LogP contribution in [0, 0.1) is 0 Å². The maximum absolute atomic E-state index is 2.52. The Morgan fingerprint density at radius 3 is 2.29 bits per heavy atom. The molecule has 0 bridgehead atoms. The Morgan fingerprint density at radius 2 is 1.62 bits per heavy atom. The summed E-state index contributed by atoms with van der Waals surface area (Å²) in [6.07, 6.45) is 2.14. The van der Waals surface area contributed by atoms with E-state index >= 15 is 0 Å². The summed E-state index contributed by atoms with van der Waals surface area (Å²) < 4.78 is 0. The second kappa shape index (κ2) is 6.54. The summed E-state index contributed by atoms with van der Waals surface area (Å²) in [7, 11) is 2.20. The maximum Gasteiger partial charge on any atom is 0.0447 e. The summed E-state index contributed by atoms with van der Waals surface area (Å²) in [4.78, 5) is 6.24. The van der Waals surface area contributed by atoms with Gasteiger partial charge in [0.15, 0.2) is 0 Å². The zero-order valence-electron chi connectivity index (χ0n) is 12.7. The zero-order chi connectivity index (χ0) is 14.7. The molecule has 0 amide bonds. The van der Waals surface area contributed by atoms with Gasteiger partial charge in [-0.05, 0) is 37.1 Å². The van der Waals surface area contributed by atoms with Gasteiger partial charge in [-0.2, -0.15) is 0 Å². The quantitative estimate of drug-likeness (QED) is 0.795. The van der Waals surface area contributed by atoms with E-state index < -0.39 is 0 Å². The minimum absolute atomic E-state index is 1.11. The third kappa shape index (κ3) is 3.25. The van der Waals surface area contributed by atoms with Crippen LogP contribution in [0.25, 0.3) is 11.1 Å². The molecular formula is C18H22N2S. The fraction of sp³-hybridized carbons (Fsp3) is 0.333. The fourth-order valence-corrected chi connectivity index (χ4v) is 3.25. The number of piperazine rings is 1. The summed E-state index contributed by atoms with van der Waals surface area (Å²) in [5.41, 5.74) is 4.03. The van der Waals surface area contributed by atoms with Crippen molar-refractivity contribution in [3.63, 3.8) is 0 Å². The first kappa shape index (κ1) is 14.5. The highest BCUT2D eigenvalue weighted by Crippen LogP contribution is 2.34. The van der Waals surface area contributed by atoms with Gasteiger partial charge in [0, 0.05) is 42.3 Å². The van der Waals surface area contributed by atoms with Gasteiger partial charge in [0.1, 0.15) is 0 Å². The van der Waals surface area contributed by atoms with Crippen LogP contribution in [0.4, 0.5) is 5.69 Å². The standard InChI is InChI=1S/C18H22N2S/c1-19-10-12-20(13-11-19)18-9-8-16(21-2)14-17(18)15-6-4-3-5-7-15/h3-9,14H,10-13H2,1-2H3. The Hall–Kier alpha value is -1.45. The first-order valence-electron chi connectivity index (χ1n) is 7.45. The van der Waals surface area contributed by atoms with Gasteiger partial charge in [-0.1, -0.05) is 30.3 Å². The van der Waals surface area contributed by atoms with E-state index in [9.17, 15) is 0 Å². The van der Waals surface area contributed by atoms with E-state index in [-0.39, 0.29) is 0 Å². The maximum atomic E-state index is 2.52. The predicted octanol–water partition coefficient (Wildman–Crippen LogP) is 3.83. The molecule has 3 heteroatoms. The summed E-state index contributed by atoms with van der Waals surface area (Å²) in [5, 5.41) is 0. The molecule has 0 spiro atoms. The number of anilines is 1. The van der Waals surface area contributed by atoms with Crippen LogP contribution in [0.1, 0.15) is 0 Å². The molecule has 0 aromatic heterocycles. The van der Waals surface area contributed by atoms with Gasteiger partial charge < -0.3 is 9.80 Å². The first-order valence-corrected chi connectivity index (χ1v) is 8.67. The van der Waals surface area contributed by atoms with Gasteiger partial charge in [-0.3, -0.25) is 0 Å². The SMILES string of the molecule is CSc1ccc(N2CCN(C)CC2)c(-c2ccccc2)c1. The lowest BCUT2D eigenvalue weighted by Gasteiger charge is -2.35. The monoisotopic (exact) mass is 298 g/mol. The Morgan fingerprint density at radius 1 is 0.905 bits per heavy atom. The van der Waals surface area contributed by atoms with Crippen molar-refractivity contribution in [2.24, 2.45) is 0 Å². The number of thioether (sulfide) groups is 1. The average Bonchev–Trinajstić information content (AvgIpc) is 2.56. The van der Waals surface area contributed by atoms with Gasteiger partial charge in [0.2, 0.25) is 0 Å². The molecule has 0 aliphatic carbocycles. The van der Waals surface area contributed by atoms with Gasteiger partial charge in [-0.25, -0.2) is 0 Å². The highest BCUT2D eigenvalue weighted by atomic mass is 32.2. The van der Waals surface area contributed by atoms with Crippen LogP contribution in [0.2, 0.25) is 0 Å². The molecule has 0 atom stereocenters. The normalized spacial score (nSPS) is 16.2. The second-order valence-electron chi connectivity index (χ2n) is 5.54. The highest BCUT2D eigenvalue weighted by Gasteiger charge is 2.17. The third-order valence-corrected chi connectivity index (χ3v) is 4.86. The number of hydrogen-bond acceptors (Lipinski definition) is 3. The smallest absolute Gasteiger partial charge is 0.0447 e. The van der Waals surface area contributed by atoms with E-state index in [0.29, 0.717) is 0 Å². The molecule has 1 heterocycles. The van der Waals surface area contributed by atoms with Crippen LogP contribution < -0.4 is 4.90 Å².